The minimum absolute atomic E-state index is 0.148. The van der Waals surface area contributed by atoms with Crippen LogP contribution in [0.2, 0.25) is 0 Å². The SMILES string of the molecule is CN(Cc1ccccn1)CC1(CNC(C)(C)C)CCOC1. The van der Waals surface area contributed by atoms with Crippen LogP contribution in [0, 0.1) is 5.41 Å². The molecular formula is C17H29N3O. The van der Waals surface area contributed by atoms with Crippen LogP contribution in [-0.4, -0.2) is 48.8 Å². The van der Waals surface area contributed by atoms with Gasteiger partial charge in [-0.05, 0) is 46.4 Å². The molecule has 0 aliphatic carbocycles. The normalized spacial score (nSPS) is 22.9. The Hall–Kier alpha value is -0.970. The molecule has 1 aliphatic rings. The number of ether oxygens (including phenoxy) is 1. The first-order valence-corrected chi connectivity index (χ1v) is 7.80. The fourth-order valence-electron chi connectivity index (χ4n) is 2.82. The van der Waals surface area contributed by atoms with Crippen molar-refractivity contribution >= 4 is 0 Å². The van der Waals surface area contributed by atoms with E-state index in [1.54, 1.807) is 0 Å². The number of aromatic nitrogens is 1. The molecule has 118 valence electrons. The third kappa shape index (κ3) is 5.38. The van der Waals surface area contributed by atoms with Gasteiger partial charge in [0.25, 0.3) is 0 Å². The zero-order chi connectivity index (χ0) is 15.3. The molecular weight excluding hydrogens is 262 g/mol. The molecule has 0 bridgehead atoms. The first-order chi connectivity index (χ1) is 9.89. The van der Waals surface area contributed by atoms with E-state index in [1.807, 2.05) is 18.3 Å². The van der Waals surface area contributed by atoms with E-state index in [0.717, 1.165) is 45.0 Å². The summed E-state index contributed by atoms with van der Waals surface area (Å²) in [5, 5.41) is 3.65. The quantitative estimate of drug-likeness (QED) is 0.873. The second-order valence-electron chi connectivity index (χ2n) is 7.40. The van der Waals surface area contributed by atoms with E-state index < -0.39 is 0 Å². The summed E-state index contributed by atoms with van der Waals surface area (Å²) in [4.78, 5) is 6.78. The van der Waals surface area contributed by atoms with E-state index in [-0.39, 0.29) is 11.0 Å². The van der Waals surface area contributed by atoms with Gasteiger partial charge >= 0.3 is 0 Å². The third-order valence-corrected chi connectivity index (χ3v) is 3.94. The molecule has 1 aromatic rings. The summed E-state index contributed by atoms with van der Waals surface area (Å²) in [6.07, 6.45) is 2.99. The molecule has 1 saturated heterocycles. The highest BCUT2D eigenvalue weighted by Crippen LogP contribution is 2.29. The van der Waals surface area contributed by atoms with Crippen LogP contribution in [0.1, 0.15) is 32.9 Å². The molecule has 2 heterocycles. The van der Waals surface area contributed by atoms with Gasteiger partial charge in [-0.15, -0.1) is 0 Å². The van der Waals surface area contributed by atoms with Crippen LogP contribution in [0.5, 0.6) is 0 Å². The molecule has 1 aliphatic heterocycles. The van der Waals surface area contributed by atoms with Gasteiger partial charge in [-0.1, -0.05) is 6.07 Å². The summed E-state index contributed by atoms with van der Waals surface area (Å²) >= 11 is 0. The van der Waals surface area contributed by atoms with Gasteiger partial charge in [-0.25, -0.2) is 0 Å². The van der Waals surface area contributed by atoms with E-state index in [4.69, 9.17) is 4.74 Å². The van der Waals surface area contributed by atoms with Gasteiger partial charge in [0, 0.05) is 43.4 Å². The van der Waals surface area contributed by atoms with Crippen LogP contribution in [-0.2, 0) is 11.3 Å². The van der Waals surface area contributed by atoms with E-state index in [1.165, 1.54) is 0 Å². The van der Waals surface area contributed by atoms with Gasteiger partial charge in [0.2, 0.25) is 0 Å². The molecule has 1 aromatic heterocycles. The molecule has 0 spiro atoms. The lowest BCUT2D eigenvalue weighted by atomic mass is 9.85. The molecule has 4 heteroatoms. The van der Waals surface area contributed by atoms with Crippen molar-refractivity contribution in [2.75, 3.05) is 33.4 Å². The van der Waals surface area contributed by atoms with Crippen molar-refractivity contribution in [1.82, 2.24) is 15.2 Å². The highest BCUT2D eigenvalue weighted by Gasteiger charge is 2.36. The van der Waals surface area contributed by atoms with Gasteiger partial charge < -0.3 is 10.1 Å². The Kier molecular flexibility index (Phi) is 5.36. The van der Waals surface area contributed by atoms with Gasteiger partial charge in [0.1, 0.15) is 0 Å². The van der Waals surface area contributed by atoms with Crippen molar-refractivity contribution in [3.8, 4) is 0 Å². The zero-order valence-corrected chi connectivity index (χ0v) is 13.9. The number of rotatable bonds is 6. The molecule has 1 fully saturated rings. The molecule has 21 heavy (non-hydrogen) atoms. The molecule has 0 radical (unpaired) electrons. The summed E-state index contributed by atoms with van der Waals surface area (Å²) < 4.78 is 5.69. The average molecular weight is 291 g/mol. The van der Waals surface area contributed by atoms with Crippen molar-refractivity contribution < 1.29 is 4.74 Å². The van der Waals surface area contributed by atoms with E-state index in [0.29, 0.717) is 0 Å². The lowest BCUT2D eigenvalue weighted by molar-refractivity contribution is 0.110. The standard InChI is InChI=1S/C17H29N3O/c1-16(2,3)19-12-17(8-10-21-14-17)13-20(4)11-15-7-5-6-9-18-15/h5-7,9,19H,8,10-14H2,1-4H3. The second kappa shape index (κ2) is 6.86. The number of nitrogens with one attached hydrogen (secondary N) is 1. The van der Waals surface area contributed by atoms with Crippen molar-refractivity contribution in [3.05, 3.63) is 30.1 Å². The number of nitrogens with zero attached hydrogens (tertiary/aromatic N) is 2. The number of pyridine rings is 1. The Morgan fingerprint density at radius 3 is 2.76 bits per heavy atom. The predicted octanol–water partition coefficient (Wildman–Crippen LogP) is 2.31. The summed E-state index contributed by atoms with van der Waals surface area (Å²) in [5.74, 6) is 0. The topological polar surface area (TPSA) is 37.4 Å². The molecule has 2 rings (SSSR count). The van der Waals surface area contributed by atoms with Crippen LogP contribution in [0.25, 0.3) is 0 Å². The Morgan fingerprint density at radius 2 is 2.19 bits per heavy atom. The predicted molar refractivity (Wildman–Crippen MR) is 86.2 cm³/mol. The van der Waals surface area contributed by atoms with E-state index >= 15 is 0 Å². The van der Waals surface area contributed by atoms with Gasteiger partial charge in [0.15, 0.2) is 0 Å². The first-order valence-electron chi connectivity index (χ1n) is 7.80. The number of hydrogen-bond acceptors (Lipinski definition) is 4. The van der Waals surface area contributed by atoms with Crippen LogP contribution in [0.15, 0.2) is 24.4 Å². The third-order valence-electron chi connectivity index (χ3n) is 3.94. The smallest absolute Gasteiger partial charge is 0.0547 e. The fraction of sp³-hybridized carbons (Fsp3) is 0.706. The van der Waals surface area contributed by atoms with E-state index in [9.17, 15) is 0 Å². The lowest BCUT2D eigenvalue weighted by Gasteiger charge is -2.35. The Labute approximate surface area is 128 Å². The monoisotopic (exact) mass is 291 g/mol. The van der Waals surface area contributed by atoms with Crippen LogP contribution >= 0.6 is 0 Å². The molecule has 1 atom stereocenters. The zero-order valence-electron chi connectivity index (χ0n) is 13.9. The van der Waals surface area contributed by atoms with Gasteiger partial charge in [0.05, 0.1) is 12.3 Å². The maximum absolute atomic E-state index is 5.69. The summed E-state index contributed by atoms with van der Waals surface area (Å²) in [7, 11) is 2.17. The molecule has 1 N–H and O–H groups in total. The maximum atomic E-state index is 5.69. The van der Waals surface area contributed by atoms with Crippen molar-refractivity contribution in [3.63, 3.8) is 0 Å². The highest BCUT2D eigenvalue weighted by molar-refractivity contribution is 5.03. The van der Waals surface area contributed by atoms with Gasteiger partial charge in [-0.2, -0.15) is 0 Å². The summed E-state index contributed by atoms with van der Waals surface area (Å²) in [6.45, 7) is 11.3. The Bertz CT molecular complexity index is 421. The van der Waals surface area contributed by atoms with E-state index in [2.05, 4.69) is 49.1 Å². The fourth-order valence-corrected chi connectivity index (χ4v) is 2.82. The lowest BCUT2D eigenvalue weighted by Crippen LogP contribution is -2.48. The van der Waals surface area contributed by atoms with Crippen LogP contribution < -0.4 is 5.32 Å². The Balaban J connectivity index is 1.92. The molecule has 1 unspecified atom stereocenters. The molecule has 0 saturated carbocycles. The minimum Gasteiger partial charge on any atom is -0.381 e. The first kappa shape index (κ1) is 16.4. The van der Waals surface area contributed by atoms with Crippen LogP contribution in [0.3, 0.4) is 0 Å². The van der Waals surface area contributed by atoms with Crippen molar-refractivity contribution in [1.29, 1.82) is 0 Å². The summed E-state index contributed by atoms with van der Waals surface area (Å²) in [6, 6.07) is 6.09. The maximum Gasteiger partial charge on any atom is 0.0547 e. The molecule has 0 aromatic carbocycles. The Morgan fingerprint density at radius 1 is 1.38 bits per heavy atom. The van der Waals surface area contributed by atoms with Crippen molar-refractivity contribution in [2.24, 2.45) is 5.41 Å². The molecule has 4 nitrogen and oxygen atoms in total. The molecule has 0 amide bonds. The summed E-state index contributed by atoms with van der Waals surface area (Å²) in [5.41, 5.74) is 1.49. The minimum atomic E-state index is 0.148. The van der Waals surface area contributed by atoms with Crippen molar-refractivity contribution in [2.45, 2.75) is 39.3 Å². The highest BCUT2D eigenvalue weighted by atomic mass is 16.5. The number of hydrogen-bond donors (Lipinski definition) is 1. The average Bonchev–Trinajstić information content (AvgIpc) is 2.86. The largest absolute Gasteiger partial charge is 0.381 e. The van der Waals surface area contributed by atoms with Gasteiger partial charge in [-0.3, -0.25) is 9.88 Å². The van der Waals surface area contributed by atoms with Crippen LogP contribution in [0.4, 0.5) is 0 Å². The second-order valence-corrected chi connectivity index (χ2v) is 7.40.